The molecule has 7 nitrogen and oxygen atoms in total. The zero-order valence-corrected chi connectivity index (χ0v) is 13.2. The van der Waals surface area contributed by atoms with Gasteiger partial charge in [-0.1, -0.05) is 23.3 Å². The Morgan fingerprint density at radius 1 is 0.926 bits per heavy atom. The Hall–Kier alpha value is -3.69. The number of nitrogens with one attached hydrogen (secondary N) is 1. The number of anilines is 1. The smallest absolute Gasteiger partial charge is 0.320 e. The lowest BCUT2D eigenvalue weighted by Gasteiger charge is -2.13. The second kappa shape index (κ2) is 6.56. The van der Waals surface area contributed by atoms with E-state index in [1.54, 1.807) is 0 Å². The highest BCUT2D eigenvalue weighted by molar-refractivity contribution is 6.38. The monoisotopic (exact) mass is 378 g/mol. The molecule has 138 valence electrons. The molecule has 0 spiro atoms. The Morgan fingerprint density at radius 3 is 2.07 bits per heavy atom. The van der Waals surface area contributed by atoms with Gasteiger partial charge in [-0.2, -0.15) is 13.2 Å². The fraction of sp³-hybridized carbons (Fsp3) is 0.0588. The molecular weight excluding hydrogens is 369 g/mol. The second-order valence-corrected chi connectivity index (χ2v) is 5.36. The molecule has 2 aromatic rings. The molecule has 0 unspecified atom stereocenters. The van der Waals surface area contributed by atoms with E-state index in [4.69, 9.17) is 0 Å². The van der Waals surface area contributed by atoms with Gasteiger partial charge in [0.1, 0.15) is 0 Å². The zero-order valence-electron chi connectivity index (χ0n) is 13.2. The summed E-state index contributed by atoms with van der Waals surface area (Å²) in [7, 11) is 0. The van der Waals surface area contributed by atoms with Crippen LogP contribution in [0.3, 0.4) is 0 Å². The fourth-order valence-corrected chi connectivity index (χ4v) is 2.33. The van der Waals surface area contributed by atoms with Crippen molar-refractivity contribution in [2.24, 2.45) is 0 Å². The molecule has 0 radical (unpaired) electrons. The third-order valence-corrected chi connectivity index (χ3v) is 3.56. The lowest BCUT2D eigenvalue weighted by molar-refractivity contribution is -0.172. The number of rotatable bonds is 2. The van der Waals surface area contributed by atoms with E-state index in [0.717, 1.165) is 18.2 Å². The highest BCUT2D eigenvalue weighted by Gasteiger charge is 2.39. The Labute approximate surface area is 149 Å². The van der Waals surface area contributed by atoms with Crippen molar-refractivity contribution < 1.29 is 37.2 Å². The second-order valence-electron chi connectivity index (χ2n) is 5.36. The largest absolute Gasteiger partial charge is 0.421 e. The van der Waals surface area contributed by atoms with Gasteiger partial charge in [-0.15, -0.1) is 0 Å². The number of halogens is 3. The maximum atomic E-state index is 12.7. The number of hydrogen-bond acceptors (Lipinski definition) is 5. The standard InChI is InChI=1S/C17H9F3N2O5/c18-17(19,20)9-4-3-5-10(8-9)21-13(23)16(26)27-22-14(24)11-6-1-2-7-12(11)15(22)25/h1-8H,(H,21,23). The Bertz CT molecular complexity index is 936. The molecule has 1 heterocycles. The molecule has 1 aliphatic rings. The molecule has 0 aromatic heterocycles. The van der Waals surface area contributed by atoms with Crippen LogP contribution in [0.4, 0.5) is 18.9 Å². The minimum atomic E-state index is -4.64. The first kappa shape index (κ1) is 18.1. The van der Waals surface area contributed by atoms with Crippen LogP contribution in [0.25, 0.3) is 0 Å². The number of hydrogen-bond donors (Lipinski definition) is 1. The molecular formula is C17H9F3N2O5. The predicted molar refractivity (Wildman–Crippen MR) is 83.1 cm³/mol. The molecule has 0 bridgehead atoms. The molecule has 0 fully saturated rings. The molecule has 0 saturated heterocycles. The third kappa shape index (κ3) is 3.50. The summed E-state index contributed by atoms with van der Waals surface area (Å²) in [5, 5.41) is 2.04. The van der Waals surface area contributed by atoms with Gasteiger partial charge in [-0.25, -0.2) is 4.79 Å². The van der Waals surface area contributed by atoms with Crippen LogP contribution in [0.1, 0.15) is 26.3 Å². The van der Waals surface area contributed by atoms with Gasteiger partial charge in [-0.3, -0.25) is 14.4 Å². The third-order valence-electron chi connectivity index (χ3n) is 3.56. The maximum Gasteiger partial charge on any atom is 0.421 e. The van der Waals surface area contributed by atoms with Crippen molar-refractivity contribution in [2.45, 2.75) is 6.18 Å². The zero-order chi connectivity index (χ0) is 19.8. The molecule has 3 amide bonds. The number of fused-ring (bicyclic) bond motifs is 1. The van der Waals surface area contributed by atoms with Crippen LogP contribution in [-0.4, -0.2) is 28.8 Å². The quantitative estimate of drug-likeness (QED) is 0.640. The summed E-state index contributed by atoms with van der Waals surface area (Å²) >= 11 is 0. The summed E-state index contributed by atoms with van der Waals surface area (Å²) in [5.74, 6) is -4.96. The molecule has 0 atom stereocenters. The van der Waals surface area contributed by atoms with Crippen molar-refractivity contribution in [1.82, 2.24) is 5.06 Å². The lowest BCUT2D eigenvalue weighted by Crippen LogP contribution is -2.37. The maximum absolute atomic E-state index is 12.7. The van der Waals surface area contributed by atoms with Crippen molar-refractivity contribution >= 4 is 29.4 Å². The van der Waals surface area contributed by atoms with Crippen molar-refractivity contribution in [3.8, 4) is 0 Å². The van der Waals surface area contributed by atoms with Gasteiger partial charge in [0, 0.05) is 5.69 Å². The van der Waals surface area contributed by atoms with Crippen LogP contribution in [-0.2, 0) is 20.6 Å². The molecule has 0 aliphatic carbocycles. The number of amides is 3. The van der Waals surface area contributed by atoms with Crippen LogP contribution in [0.15, 0.2) is 48.5 Å². The Balaban J connectivity index is 1.70. The number of carbonyl (C=O) groups is 4. The summed E-state index contributed by atoms with van der Waals surface area (Å²) in [6, 6.07) is 9.24. The molecule has 1 N–H and O–H groups in total. The van der Waals surface area contributed by atoms with E-state index < -0.39 is 35.4 Å². The first-order valence-corrected chi connectivity index (χ1v) is 7.37. The van der Waals surface area contributed by atoms with Crippen LogP contribution < -0.4 is 5.32 Å². The number of benzene rings is 2. The topological polar surface area (TPSA) is 92.8 Å². The van der Waals surface area contributed by atoms with Crippen LogP contribution in [0, 0.1) is 0 Å². The number of imide groups is 1. The molecule has 2 aromatic carbocycles. The van der Waals surface area contributed by atoms with Gasteiger partial charge in [-0.05, 0) is 30.3 Å². The fourth-order valence-electron chi connectivity index (χ4n) is 2.33. The van der Waals surface area contributed by atoms with Crippen LogP contribution >= 0.6 is 0 Å². The first-order valence-electron chi connectivity index (χ1n) is 7.37. The van der Waals surface area contributed by atoms with Crippen molar-refractivity contribution in [3.63, 3.8) is 0 Å². The molecule has 0 saturated carbocycles. The Morgan fingerprint density at radius 2 is 1.52 bits per heavy atom. The van der Waals surface area contributed by atoms with Gasteiger partial charge in [0.05, 0.1) is 16.7 Å². The van der Waals surface area contributed by atoms with E-state index in [0.29, 0.717) is 6.07 Å². The minimum Gasteiger partial charge on any atom is -0.320 e. The van der Waals surface area contributed by atoms with E-state index in [1.165, 1.54) is 24.3 Å². The number of nitrogens with zero attached hydrogens (tertiary/aromatic N) is 1. The van der Waals surface area contributed by atoms with Crippen molar-refractivity contribution in [3.05, 3.63) is 65.2 Å². The average Bonchev–Trinajstić information content (AvgIpc) is 2.86. The van der Waals surface area contributed by atoms with Gasteiger partial charge >= 0.3 is 18.1 Å². The van der Waals surface area contributed by atoms with Crippen LogP contribution in [0.5, 0.6) is 0 Å². The van der Waals surface area contributed by atoms with Crippen molar-refractivity contribution in [1.29, 1.82) is 0 Å². The van der Waals surface area contributed by atoms with E-state index in [-0.39, 0.29) is 21.9 Å². The summed E-state index contributed by atoms with van der Waals surface area (Å²) in [4.78, 5) is 52.3. The van der Waals surface area contributed by atoms with Gasteiger partial charge in [0.15, 0.2) is 0 Å². The SMILES string of the molecule is O=C(Nc1cccc(C(F)(F)F)c1)C(=O)ON1C(=O)c2ccccc2C1=O. The summed E-state index contributed by atoms with van der Waals surface area (Å²) in [6.45, 7) is 0. The minimum absolute atomic E-state index is 0.00594. The molecule has 10 heteroatoms. The highest BCUT2D eigenvalue weighted by Crippen LogP contribution is 2.30. The molecule has 27 heavy (non-hydrogen) atoms. The Kier molecular flexibility index (Phi) is 4.40. The lowest BCUT2D eigenvalue weighted by atomic mass is 10.1. The van der Waals surface area contributed by atoms with Crippen molar-refractivity contribution in [2.75, 3.05) is 5.32 Å². The van der Waals surface area contributed by atoms with E-state index in [2.05, 4.69) is 4.84 Å². The summed E-state index contributed by atoms with van der Waals surface area (Å²) < 4.78 is 38.0. The number of carbonyl (C=O) groups excluding carboxylic acids is 4. The number of hydroxylamine groups is 2. The van der Waals surface area contributed by atoms with Gasteiger partial charge in [0.25, 0.3) is 11.8 Å². The summed E-state index contributed by atoms with van der Waals surface area (Å²) in [5.41, 5.74) is -1.36. The van der Waals surface area contributed by atoms with Crippen LogP contribution in [0.2, 0.25) is 0 Å². The summed E-state index contributed by atoms with van der Waals surface area (Å²) in [6.07, 6.45) is -4.64. The number of alkyl halides is 3. The van der Waals surface area contributed by atoms with E-state index in [1.807, 2.05) is 5.32 Å². The van der Waals surface area contributed by atoms with E-state index >= 15 is 0 Å². The van der Waals surface area contributed by atoms with E-state index in [9.17, 15) is 32.3 Å². The average molecular weight is 378 g/mol. The molecule has 3 rings (SSSR count). The molecule has 1 aliphatic heterocycles. The van der Waals surface area contributed by atoms with Gasteiger partial charge < -0.3 is 10.2 Å². The highest BCUT2D eigenvalue weighted by atomic mass is 19.4. The normalized spacial score (nSPS) is 13.4. The predicted octanol–water partition coefficient (Wildman–Crippen LogP) is 2.40. The first-order chi connectivity index (χ1) is 12.7. The van der Waals surface area contributed by atoms with Gasteiger partial charge in [0.2, 0.25) is 0 Å².